The number of para-hydroxylation sites is 1. The predicted molar refractivity (Wildman–Crippen MR) is 122 cm³/mol. The third-order valence-corrected chi connectivity index (χ3v) is 6.46. The molecule has 1 fully saturated rings. The Morgan fingerprint density at radius 3 is 2.64 bits per heavy atom. The van der Waals surface area contributed by atoms with Crippen LogP contribution in [0.1, 0.15) is 30.1 Å². The van der Waals surface area contributed by atoms with E-state index in [0.717, 1.165) is 25.2 Å². The van der Waals surface area contributed by atoms with Crippen molar-refractivity contribution in [1.29, 1.82) is 0 Å². The number of nitrogens with zero attached hydrogens (tertiary/aromatic N) is 2. The smallest absolute Gasteiger partial charge is 0.338 e. The summed E-state index contributed by atoms with van der Waals surface area (Å²) in [4.78, 5) is 37.6. The number of hydrogen-bond acceptors (Lipinski definition) is 8. The van der Waals surface area contributed by atoms with Gasteiger partial charge in [0, 0.05) is 25.4 Å². The van der Waals surface area contributed by atoms with Gasteiger partial charge in [-0.15, -0.1) is 0 Å². The SMILES string of the molecule is CC1CCCN(c2ccc(C(=O)OCC(=O)Nc3ccccc3S(C)(=O)=O)cc2[N+](=O)[O-])C1. The molecule has 1 aliphatic heterocycles. The van der Waals surface area contributed by atoms with Gasteiger partial charge >= 0.3 is 5.97 Å². The van der Waals surface area contributed by atoms with Gasteiger partial charge in [-0.2, -0.15) is 0 Å². The number of ether oxygens (including phenoxy) is 1. The molecule has 1 unspecified atom stereocenters. The number of nitro groups is 1. The molecule has 33 heavy (non-hydrogen) atoms. The molecule has 1 amide bonds. The molecule has 0 aromatic heterocycles. The summed E-state index contributed by atoms with van der Waals surface area (Å²) >= 11 is 0. The van der Waals surface area contributed by atoms with Crippen molar-refractivity contribution in [3.63, 3.8) is 0 Å². The van der Waals surface area contributed by atoms with Gasteiger partial charge in [0.15, 0.2) is 16.4 Å². The predicted octanol–water partition coefficient (Wildman–Crippen LogP) is 3.03. The highest BCUT2D eigenvalue weighted by molar-refractivity contribution is 7.90. The first-order valence-electron chi connectivity index (χ1n) is 10.4. The lowest BCUT2D eigenvalue weighted by Crippen LogP contribution is -2.34. The molecule has 176 valence electrons. The number of nitrogens with one attached hydrogen (secondary N) is 1. The molecule has 0 bridgehead atoms. The quantitative estimate of drug-likeness (QED) is 0.367. The normalized spacial score (nSPS) is 16.2. The van der Waals surface area contributed by atoms with E-state index in [1.165, 1.54) is 30.3 Å². The molecule has 0 radical (unpaired) electrons. The van der Waals surface area contributed by atoms with Gasteiger partial charge in [0.2, 0.25) is 0 Å². The van der Waals surface area contributed by atoms with Gasteiger partial charge < -0.3 is 15.0 Å². The van der Waals surface area contributed by atoms with Crippen molar-refractivity contribution in [1.82, 2.24) is 0 Å². The highest BCUT2D eigenvalue weighted by Gasteiger charge is 2.26. The van der Waals surface area contributed by atoms with Gasteiger partial charge in [-0.25, -0.2) is 13.2 Å². The topological polar surface area (TPSA) is 136 Å². The van der Waals surface area contributed by atoms with E-state index in [0.29, 0.717) is 24.7 Å². The first-order valence-corrected chi connectivity index (χ1v) is 12.2. The fraction of sp³-hybridized carbons (Fsp3) is 0.364. The van der Waals surface area contributed by atoms with E-state index >= 15 is 0 Å². The Morgan fingerprint density at radius 1 is 1.24 bits per heavy atom. The van der Waals surface area contributed by atoms with E-state index in [2.05, 4.69) is 12.2 Å². The van der Waals surface area contributed by atoms with Gasteiger partial charge in [0.25, 0.3) is 11.6 Å². The summed E-state index contributed by atoms with van der Waals surface area (Å²) in [5.41, 5.74) is 0.250. The number of rotatable bonds is 7. The summed E-state index contributed by atoms with van der Waals surface area (Å²) in [5, 5.41) is 14.0. The molecule has 1 N–H and O–H groups in total. The van der Waals surface area contributed by atoms with Gasteiger partial charge in [0.1, 0.15) is 5.69 Å². The lowest BCUT2D eigenvalue weighted by Gasteiger charge is -2.32. The molecule has 10 nitrogen and oxygen atoms in total. The highest BCUT2D eigenvalue weighted by atomic mass is 32.2. The maximum atomic E-state index is 12.4. The second-order valence-electron chi connectivity index (χ2n) is 8.05. The van der Waals surface area contributed by atoms with Crippen LogP contribution in [0.4, 0.5) is 17.1 Å². The molecule has 2 aromatic carbocycles. The van der Waals surface area contributed by atoms with E-state index in [1.807, 2.05) is 4.90 Å². The van der Waals surface area contributed by atoms with Crippen LogP contribution < -0.4 is 10.2 Å². The molecule has 0 saturated carbocycles. The fourth-order valence-electron chi connectivity index (χ4n) is 3.77. The van der Waals surface area contributed by atoms with Gasteiger partial charge in [-0.3, -0.25) is 14.9 Å². The number of esters is 1. The van der Waals surface area contributed by atoms with Crippen LogP contribution in [0.25, 0.3) is 0 Å². The van der Waals surface area contributed by atoms with Crippen LogP contribution in [0.2, 0.25) is 0 Å². The minimum absolute atomic E-state index is 0.0557. The number of sulfone groups is 1. The van der Waals surface area contributed by atoms with Crippen molar-refractivity contribution in [3.05, 3.63) is 58.1 Å². The monoisotopic (exact) mass is 475 g/mol. The zero-order valence-electron chi connectivity index (χ0n) is 18.3. The molecule has 1 aliphatic rings. The molecule has 3 rings (SSSR count). The van der Waals surface area contributed by atoms with E-state index in [-0.39, 0.29) is 21.8 Å². The Balaban J connectivity index is 1.69. The number of amides is 1. The first-order chi connectivity index (χ1) is 15.6. The van der Waals surface area contributed by atoms with Crippen LogP contribution in [0, 0.1) is 16.0 Å². The largest absolute Gasteiger partial charge is 0.452 e. The summed E-state index contributed by atoms with van der Waals surface area (Å²) < 4.78 is 28.7. The maximum Gasteiger partial charge on any atom is 0.338 e. The van der Waals surface area contributed by atoms with Crippen LogP contribution in [0.5, 0.6) is 0 Å². The molecule has 1 heterocycles. The number of nitro benzene ring substituents is 1. The van der Waals surface area contributed by atoms with Crippen molar-refractivity contribution < 1.29 is 27.7 Å². The number of anilines is 2. The zero-order chi connectivity index (χ0) is 24.2. The molecule has 11 heteroatoms. The molecule has 0 aliphatic carbocycles. The average Bonchev–Trinajstić information content (AvgIpc) is 2.76. The molecular weight excluding hydrogens is 450 g/mol. The van der Waals surface area contributed by atoms with Crippen molar-refractivity contribution in [2.45, 2.75) is 24.7 Å². The summed E-state index contributed by atoms with van der Waals surface area (Å²) in [5.74, 6) is -1.23. The number of benzene rings is 2. The van der Waals surface area contributed by atoms with Crippen molar-refractivity contribution in [2.24, 2.45) is 5.92 Å². The van der Waals surface area contributed by atoms with Crippen LogP contribution >= 0.6 is 0 Å². The molecular formula is C22H25N3O7S. The summed E-state index contributed by atoms with van der Waals surface area (Å²) in [6.07, 6.45) is 3.00. The van der Waals surface area contributed by atoms with Crippen LogP contribution in [0.15, 0.2) is 47.4 Å². The first kappa shape index (κ1) is 24.2. The summed E-state index contributed by atoms with van der Waals surface area (Å²) in [6, 6.07) is 9.94. The number of carbonyl (C=O) groups is 2. The van der Waals surface area contributed by atoms with Crippen molar-refractivity contribution in [2.75, 3.05) is 36.2 Å². The van der Waals surface area contributed by atoms with Crippen LogP contribution in [-0.2, 0) is 19.4 Å². The Labute approximate surface area is 191 Å². The zero-order valence-corrected chi connectivity index (χ0v) is 19.1. The van der Waals surface area contributed by atoms with Gasteiger partial charge in [-0.05, 0) is 43.0 Å². The second kappa shape index (κ2) is 9.99. The Morgan fingerprint density at radius 2 is 1.97 bits per heavy atom. The fourth-order valence-corrected chi connectivity index (χ4v) is 4.61. The van der Waals surface area contributed by atoms with Crippen LogP contribution in [-0.4, -0.2) is 51.2 Å². The van der Waals surface area contributed by atoms with Crippen molar-refractivity contribution >= 4 is 38.8 Å². The lowest BCUT2D eigenvalue weighted by molar-refractivity contribution is -0.384. The Bertz CT molecular complexity index is 1180. The van der Waals surface area contributed by atoms with Gasteiger partial charge in [-0.1, -0.05) is 19.1 Å². The van der Waals surface area contributed by atoms with Gasteiger partial charge in [0.05, 0.1) is 21.1 Å². The van der Waals surface area contributed by atoms with E-state index < -0.39 is 33.2 Å². The van der Waals surface area contributed by atoms with Crippen LogP contribution in [0.3, 0.4) is 0 Å². The average molecular weight is 476 g/mol. The summed E-state index contributed by atoms with van der Waals surface area (Å²) in [6.45, 7) is 2.79. The minimum atomic E-state index is -3.57. The minimum Gasteiger partial charge on any atom is -0.452 e. The Kier molecular flexibility index (Phi) is 7.32. The number of hydrogen-bond donors (Lipinski definition) is 1. The van der Waals surface area contributed by atoms with E-state index in [4.69, 9.17) is 4.74 Å². The Hall–Kier alpha value is -3.47. The lowest BCUT2D eigenvalue weighted by atomic mass is 9.99. The van der Waals surface area contributed by atoms with E-state index in [9.17, 15) is 28.1 Å². The third kappa shape index (κ3) is 6.07. The standard InChI is InChI=1S/C22H25N3O7S/c1-15-6-5-11-24(13-15)18-10-9-16(12-19(18)25(28)29)22(27)32-14-21(26)23-17-7-3-4-8-20(17)33(2,30)31/h3-4,7-10,12,15H,5-6,11,13-14H2,1-2H3,(H,23,26). The second-order valence-corrected chi connectivity index (χ2v) is 10.0. The van der Waals surface area contributed by atoms with E-state index in [1.54, 1.807) is 6.07 Å². The maximum absolute atomic E-state index is 12.4. The molecule has 2 aromatic rings. The highest BCUT2D eigenvalue weighted by Crippen LogP contribution is 2.32. The summed E-state index contributed by atoms with van der Waals surface area (Å²) in [7, 11) is -3.57. The number of piperidine rings is 1. The molecule has 1 atom stereocenters. The third-order valence-electron chi connectivity index (χ3n) is 5.30. The molecule has 1 saturated heterocycles. The number of carbonyl (C=O) groups excluding carboxylic acids is 2. The molecule has 0 spiro atoms. The van der Waals surface area contributed by atoms with Crippen molar-refractivity contribution in [3.8, 4) is 0 Å².